The zero-order chi connectivity index (χ0) is 17.4. The fraction of sp³-hybridized carbons (Fsp3) is 0.250. The van der Waals surface area contributed by atoms with Gasteiger partial charge in [-0.05, 0) is 46.1 Å². The number of hydrogen-bond acceptors (Lipinski definition) is 3. The maximum absolute atomic E-state index is 12.1. The van der Waals surface area contributed by atoms with Crippen LogP contribution in [0.4, 0.5) is 0 Å². The fourth-order valence-electron chi connectivity index (χ4n) is 2.17. The van der Waals surface area contributed by atoms with Crippen molar-refractivity contribution in [3.8, 4) is 11.5 Å². The maximum Gasteiger partial charge on any atom is 0.185 e. The number of unbranched alkanes of at least 4 members (excludes halogenated alkanes) is 1. The summed E-state index contributed by atoms with van der Waals surface area (Å²) in [6.45, 7) is 2.76. The Hall–Kier alpha value is -2.07. The Morgan fingerprint density at radius 1 is 1.21 bits per heavy atom. The summed E-state index contributed by atoms with van der Waals surface area (Å²) in [5.74, 6) is 1.30. The van der Waals surface area contributed by atoms with E-state index in [1.807, 2.05) is 30.3 Å². The molecule has 0 fully saturated rings. The van der Waals surface area contributed by atoms with Crippen molar-refractivity contribution in [2.45, 2.75) is 19.8 Å². The van der Waals surface area contributed by atoms with Gasteiger partial charge in [-0.1, -0.05) is 49.8 Å². The topological polar surface area (TPSA) is 35.5 Å². The van der Waals surface area contributed by atoms with Gasteiger partial charge in [-0.3, -0.25) is 4.79 Å². The van der Waals surface area contributed by atoms with E-state index in [1.54, 1.807) is 31.4 Å². The molecule has 0 aliphatic carbocycles. The average Bonchev–Trinajstić information content (AvgIpc) is 2.61. The minimum absolute atomic E-state index is 0.0334. The maximum atomic E-state index is 12.1. The molecule has 2 aromatic carbocycles. The second-order valence-electron chi connectivity index (χ2n) is 5.30. The number of methoxy groups -OCH3 is 1. The van der Waals surface area contributed by atoms with Crippen molar-refractivity contribution in [3.63, 3.8) is 0 Å². The molecule has 0 aliphatic rings. The van der Waals surface area contributed by atoms with Gasteiger partial charge in [-0.2, -0.15) is 0 Å². The van der Waals surface area contributed by atoms with Crippen LogP contribution in [0, 0.1) is 0 Å². The van der Waals surface area contributed by atoms with Crippen LogP contribution in [0.1, 0.15) is 35.7 Å². The number of benzene rings is 2. The largest absolute Gasteiger partial charge is 0.493 e. The van der Waals surface area contributed by atoms with Crippen LogP contribution in [0.5, 0.6) is 11.5 Å². The molecule has 2 aromatic rings. The summed E-state index contributed by atoms with van der Waals surface area (Å²) in [6.07, 6.45) is 5.40. The number of ketones is 1. The van der Waals surface area contributed by atoms with Crippen LogP contribution in [-0.4, -0.2) is 19.5 Å². The van der Waals surface area contributed by atoms with Crippen LogP contribution >= 0.6 is 15.9 Å². The van der Waals surface area contributed by atoms with Gasteiger partial charge < -0.3 is 9.47 Å². The summed E-state index contributed by atoms with van der Waals surface area (Å²) < 4.78 is 12.0. The summed E-state index contributed by atoms with van der Waals surface area (Å²) in [5.41, 5.74) is 1.53. The summed E-state index contributed by atoms with van der Waals surface area (Å²) in [7, 11) is 1.61. The van der Waals surface area contributed by atoms with Crippen molar-refractivity contribution in [1.29, 1.82) is 0 Å². The van der Waals surface area contributed by atoms with Crippen molar-refractivity contribution in [2.75, 3.05) is 13.7 Å². The van der Waals surface area contributed by atoms with E-state index in [4.69, 9.17) is 9.47 Å². The summed E-state index contributed by atoms with van der Waals surface area (Å²) in [6, 6.07) is 13.0. The molecule has 0 heterocycles. The SMILES string of the molecule is CCCCOc1c(Br)cc(/C=C/C(=O)c2ccccc2)cc1OC. The zero-order valence-electron chi connectivity index (χ0n) is 13.9. The molecule has 126 valence electrons. The van der Waals surface area contributed by atoms with E-state index in [9.17, 15) is 4.79 Å². The standard InChI is InChI=1S/C20H21BrO3/c1-3-4-12-24-20-17(21)13-15(14-19(20)23-2)10-11-18(22)16-8-6-5-7-9-16/h5-11,13-14H,3-4,12H2,1-2H3/b11-10+. The van der Waals surface area contributed by atoms with Crippen molar-refractivity contribution >= 4 is 27.8 Å². The smallest absolute Gasteiger partial charge is 0.185 e. The van der Waals surface area contributed by atoms with E-state index in [1.165, 1.54) is 0 Å². The predicted molar refractivity (Wildman–Crippen MR) is 101 cm³/mol. The van der Waals surface area contributed by atoms with Crippen molar-refractivity contribution in [2.24, 2.45) is 0 Å². The van der Waals surface area contributed by atoms with Crippen LogP contribution in [-0.2, 0) is 0 Å². The lowest BCUT2D eigenvalue weighted by Gasteiger charge is -2.13. The third-order valence-corrected chi connectivity index (χ3v) is 4.07. The Morgan fingerprint density at radius 2 is 1.96 bits per heavy atom. The number of rotatable bonds is 8. The number of hydrogen-bond donors (Lipinski definition) is 0. The van der Waals surface area contributed by atoms with Gasteiger partial charge in [-0.15, -0.1) is 0 Å². The Balaban J connectivity index is 2.17. The first-order chi connectivity index (χ1) is 11.7. The highest BCUT2D eigenvalue weighted by atomic mass is 79.9. The molecule has 0 aromatic heterocycles. The molecule has 3 nitrogen and oxygen atoms in total. The quantitative estimate of drug-likeness (QED) is 0.338. The zero-order valence-corrected chi connectivity index (χ0v) is 15.5. The molecular weight excluding hydrogens is 368 g/mol. The van der Waals surface area contributed by atoms with E-state index < -0.39 is 0 Å². The van der Waals surface area contributed by atoms with Gasteiger partial charge in [0.15, 0.2) is 17.3 Å². The first-order valence-electron chi connectivity index (χ1n) is 7.93. The third kappa shape index (κ3) is 4.96. The highest BCUT2D eigenvalue weighted by Crippen LogP contribution is 2.37. The Labute approximate surface area is 151 Å². The molecule has 0 atom stereocenters. The van der Waals surface area contributed by atoms with Gasteiger partial charge in [0.1, 0.15) is 0 Å². The van der Waals surface area contributed by atoms with Gasteiger partial charge in [0, 0.05) is 5.56 Å². The molecule has 4 heteroatoms. The Morgan fingerprint density at radius 3 is 2.62 bits per heavy atom. The first-order valence-corrected chi connectivity index (χ1v) is 8.72. The van der Waals surface area contributed by atoms with E-state index in [2.05, 4.69) is 22.9 Å². The fourth-order valence-corrected chi connectivity index (χ4v) is 2.74. The van der Waals surface area contributed by atoms with Crippen LogP contribution in [0.3, 0.4) is 0 Å². The molecule has 24 heavy (non-hydrogen) atoms. The van der Waals surface area contributed by atoms with E-state index in [0.717, 1.165) is 22.9 Å². The van der Waals surface area contributed by atoms with Crippen LogP contribution in [0.25, 0.3) is 6.08 Å². The molecule has 0 amide bonds. The molecule has 0 unspecified atom stereocenters. The van der Waals surface area contributed by atoms with Crippen molar-refractivity contribution in [1.82, 2.24) is 0 Å². The third-order valence-electron chi connectivity index (χ3n) is 3.48. The van der Waals surface area contributed by atoms with Crippen LogP contribution in [0.2, 0.25) is 0 Å². The number of ether oxygens (including phenoxy) is 2. The summed E-state index contributed by atoms with van der Waals surface area (Å²) in [5, 5.41) is 0. The lowest BCUT2D eigenvalue weighted by molar-refractivity contribution is 0.104. The predicted octanol–water partition coefficient (Wildman–Crippen LogP) is 5.53. The number of halogens is 1. The minimum Gasteiger partial charge on any atom is -0.493 e. The van der Waals surface area contributed by atoms with Gasteiger partial charge in [0.05, 0.1) is 18.2 Å². The lowest BCUT2D eigenvalue weighted by atomic mass is 10.1. The molecule has 0 spiro atoms. The minimum atomic E-state index is -0.0334. The molecule has 0 aliphatic heterocycles. The Kier molecular flexibility index (Phi) is 7.07. The van der Waals surface area contributed by atoms with E-state index in [-0.39, 0.29) is 5.78 Å². The van der Waals surface area contributed by atoms with Gasteiger partial charge in [-0.25, -0.2) is 0 Å². The number of carbonyl (C=O) groups excluding carboxylic acids is 1. The summed E-state index contributed by atoms with van der Waals surface area (Å²) in [4.78, 5) is 12.1. The number of carbonyl (C=O) groups is 1. The van der Waals surface area contributed by atoms with Crippen LogP contribution < -0.4 is 9.47 Å². The lowest BCUT2D eigenvalue weighted by Crippen LogP contribution is -2.00. The van der Waals surface area contributed by atoms with Gasteiger partial charge in [0.2, 0.25) is 0 Å². The van der Waals surface area contributed by atoms with Crippen molar-refractivity contribution < 1.29 is 14.3 Å². The molecule has 0 N–H and O–H groups in total. The molecule has 0 saturated carbocycles. The molecule has 0 bridgehead atoms. The Bertz CT molecular complexity index is 708. The van der Waals surface area contributed by atoms with Gasteiger partial charge >= 0.3 is 0 Å². The molecular formula is C20H21BrO3. The summed E-state index contributed by atoms with van der Waals surface area (Å²) >= 11 is 3.52. The molecule has 2 rings (SSSR count). The average molecular weight is 389 g/mol. The van der Waals surface area contributed by atoms with Crippen molar-refractivity contribution in [3.05, 3.63) is 64.1 Å². The molecule has 0 saturated heterocycles. The highest BCUT2D eigenvalue weighted by molar-refractivity contribution is 9.10. The second kappa shape index (κ2) is 9.28. The highest BCUT2D eigenvalue weighted by Gasteiger charge is 2.11. The monoisotopic (exact) mass is 388 g/mol. The van der Waals surface area contributed by atoms with E-state index in [0.29, 0.717) is 23.7 Å². The van der Waals surface area contributed by atoms with Crippen LogP contribution in [0.15, 0.2) is 53.0 Å². The number of allylic oxidation sites excluding steroid dienone is 1. The molecule has 0 radical (unpaired) electrons. The van der Waals surface area contributed by atoms with Gasteiger partial charge in [0.25, 0.3) is 0 Å². The second-order valence-corrected chi connectivity index (χ2v) is 6.15. The van der Waals surface area contributed by atoms with E-state index >= 15 is 0 Å². The normalized spacial score (nSPS) is 10.8. The first kappa shape index (κ1) is 18.3.